The summed E-state index contributed by atoms with van der Waals surface area (Å²) in [6.45, 7) is 0. The van der Waals surface area contributed by atoms with E-state index < -0.39 is 238 Å². The zero-order chi connectivity index (χ0) is 54.6. The average Bonchev–Trinajstić information content (AvgIpc) is 3.31. The molecule has 72 heavy (non-hydrogen) atoms. The summed E-state index contributed by atoms with van der Waals surface area (Å²) < 4.78 is 217. The van der Waals surface area contributed by atoms with Gasteiger partial charge in [0.25, 0.3) is 0 Å². The lowest BCUT2D eigenvalue weighted by Gasteiger charge is -2.25. The number of carbonyl (C=O) groups is 6. The van der Waals surface area contributed by atoms with E-state index in [1.807, 2.05) is 0 Å². The minimum absolute atomic E-state index is 0. The first-order valence-electron chi connectivity index (χ1n) is 18.9. The molecule has 3 radical (unpaired) electrons. The van der Waals surface area contributed by atoms with Gasteiger partial charge in [0, 0.05) is 56.8 Å². The Morgan fingerprint density at radius 3 is 0.653 bits per heavy atom. The van der Waals surface area contributed by atoms with E-state index in [0.29, 0.717) is 0 Å². The number of aliphatic carboxylic acids is 3. The van der Waals surface area contributed by atoms with Gasteiger partial charge in [-0.2, -0.15) is 26.3 Å². The summed E-state index contributed by atoms with van der Waals surface area (Å²) in [5.74, 6) is -56.0. The van der Waals surface area contributed by atoms with Crippen LogP contribution in [0, 0.1) is 107 Å². The number of benzene rings is 3. The van der Waals surface area contributed by atoms with E-state index >= 15 is 0 Å². The highest BCUT2D eigenvalue weighted by atomic mass is 19.2. The van der Waals surface area contributed by atoms with Gasteiger partial charge in [-0.1, -0.05) is 0 Å². The van der Waals surface area contributed by atoms with Crippen molar-refractivity contribution in [1.82, 2.24) is 0 Å². The van der Waals surface area contributed by atoms with Gasteiger partial charge >= 0.3 is 35.8 Å². The molecule has 0 aliphatic heterocycles. The first-order valence-corrected chi connectivity index (χ1v) is 18.9. The Morgan fingerprint density at radius 2 is 0.500 bits per heavy atom. The number of nitrogens with zero attached hydrogens (tertiary/aromatic N) is 2. The number of esters is 3. The van der Waals surface area contributed by atoms with Gasteiger partial charge in [-0.3, -0.25) is 49.0 Å². The molecule has 3 N–H and O–H groups in total. The van der Waals surface area contributed by atoms with Gasteiger partial charge in [-0.15, -0.1) is 0 Å². The Hall–Kier alpha value is -7.71. The molecule has 0 saturated heterocycles. The second-order valence-electron chi connectivity index (χ2n) is 14.3. The molecular weight excluding hydrogens is 1040 g/mol. The molecule has 0 spiro atoms. The van der Waals surface area contributed by atoms with Crippen LogP contribution >= 0.6 is 0 Å². The molecule has 0 bridgehead atoms. The number of carboxylic acid groups (broad SMARTS) is 3. The smallest absolute Gasteiger partial charge is 0.311 e. The van der Waals surface area contributed by atoms with Crippen LogP contribution in [0.2, 0.25) is 0 Å². The third kappa shape index (κ3) is 15.1. The fourth-order valence-corrected chi connectivity index (χ4v) is 5.84. The number of carbonyl (C=O) groups excluding carboxylic acids is 3. The third-order valence-corrected chi connectivity index (χ3v) is 9.73. The van der Waals surface area contributed by atoms with Gasteiger partial charge in [-0.25, -0.2) is 39.5 Å². The second-order valence-corrected chi connectivity index (χ2v) is 14.3. The molecule has 3 rings (SSSR count). The maximum Gasteiger partial charge on any atom is 0.311 e. The summed E-state index contributed by atoms with van der Waals surface area (Å²) >= 11 is 0. The van der Waals surface area contributed by atoms with Gasteiger partial charge in [0.1, 0.15) is 0 Å². The van der Waals surface area contributed by atoms with Crippen molar-refractivity contribution >= 4 is 44.2 Å². The second kappa shape index (κ2) is 25.9. The Balaban J connectivity index is 0.00000109. The first-order chi connectivity index (χ1) is 32.8. The maximum atomic E-state index is 13.9. The molecule has 34 heteroatoms. The monoisotopic (exact) mass is 1060 g/mol. The third-order valence-electron chi connectivity index (χ3n) is 9.73. The zero-order valence-corrected chi connectivity index (χ0v) is 35.3. The molecule has 0 amide bonds. The lowest BCUT2D eigenvalue weighted by molar-refractivity contribution is -0.573. The predicted octanol–water partition coefficient (Wildman–Crippen LogP) is 7.46. The number of ether oxygens (including phenoxy) is 3. The number of rotatable bonds is 23. The molecule has 18 nitrogen and oxygen atoms in total. The highest BCUT2D eigenvalue weighted by Crippen LogP contribution is 2.36. The Labute approximate surface area is 391 Å². The van der Waals surface area contributed by atoms with E-state index in [-0.39, 0.29) is 8.41 Å². The molecule has 0 aromatic heterocycles. The number of hydrogen-bond donors (Lipinski definition) is 3. The fraction of sp³-hybridized carbons (Fsp3) is 0.368. The van der Waals surface area contributed by atoms with E-state index in [1.165, 1.54) is 0 Å². The summed E-state index contributed by atoms with van der Waals surface area (Å²) in [6.07, 6.45) is -11.3. The van der Waals surface area contributed by atoms with Crippen LogP contribution in [-0.4, -0.2) is 80.5 Å². The minimum atomic E-state index is -3.00. The van der Waals surface area contributed by atoms with Crippen molar-refractivity contribution in [1.29, 1.82) is 0 Å². The molecular formula is C38H27BF15N2O16. The van der Waals surface area contributed by atoms with Crippen molar-refractivity contribution in [3.05, 3.63) is 107 Å². The van der Waals surface area contributed by atoms with Crippen LogP contribution in [0.1, 0.15) is 77.0 Å². The summed E-state index contributed by atoms with van der Waals surface area (Å²) in [7, 11) is 0. The highest BCUT2D eigenvalue weighted by molar-refractivity contribution is 5.76. The lowest BCUT2D eigenvalue weighted by Crippen LogP contribution is -2.41. The van der Waals surface area contributed by atoms with Crippen molar-refractivity contribution < 1.29 is 134 Å². The van der Waals surface area contributed by atoms with E-state index in [2.05, 4.69) is 14.2 Å². The zero-order valence-electron chi connectivity index (χ0n) is 35.3. The van der Waals surface area contributed by atoms with E-state index in [0.717, 1.165) is 0 Å². The molecule has 0 aliphatic carbocycles. The van der Waals surface area contributed by atoms with E-state index in [4.69, 9.17) is 15.3 Å². The van der Waals surface area contributed by atoms with Crippen LogP contribution in [0.3, 0.4) is 0 Å². The predicted molar refractivity (Wildman–Crippen MR) is 199 cm³/mol. The molecule has 3 aromatic rings. The Kier molecular flexibility index (Phi) is 22.5. The molecule has 0 atom stereocenters. The Bertz CT molecular complexity index is 2300. The van der Waals surface area contributed by atoms with Crippen LogP contribution in [0.4, 0.5) is 65.9 Å². The maximum absolute atomic E-state index is 13.9. The fourth-order valence-electron chi connectivity index (χ4n) is 5.84. The lowest BCUT2D eigenvalue weighted by atomic mass is 9.84. The van der Waals surface area contributed by atoms with Crippen LogP contribution in [0.25, 0.3) is 0 Å². The van der Waals surface area contributed by atoms with Crippen molar-refractivity contribution in [3.63, 3.8) is 0 Å². The van der Waals surface area contributed by atoms with Crippen LogP contribution in [-0.2, 0) is 28.8 Å². The standard InChI is InChI=1S/C28H12F15NO8.C10H15NO8.B/c29-10-13(32)19(38)25(20(39)14(10)33)50-7(45)1-4-28(44(48)49,5-2-8(46)51-26-21(40)15(34)11(30)16(35)22(26)41)6-3-9(47)52-27-23(42)17(36)12(31)18(37)24(27)43;12-7(13)1-4-10(11(18)19,5-2-8(14)15)6-3-9(16)17;/h1-6H2;1-6H2,(H,12,13)(H,14,15)(H,16,17);. The normalized spacial score (nSPS) is 11.2. The highest BCUT2D eigenvalue weighted by Gasteiger charge is 2.46. The molecule has 3 aromatic carbocycles. The number of halogens is 15. The van der Waals surface area contributed by atoms with Crippen molar-refractivity contribution in [2.24, 2.45) is 0 Å². The molecule has 0 fully saturated rings. The molecule has 0 unspecified atom stereocenters. The number of nitro groups is 2. The van der Waals surface area contributed by atoms with Crippen molar-refractivity contribution in [2.45, 2.75) is 88.1 Å². The largest absolute Gasteiger partial charge is 0.481 e. The summed E-state index contributed by atoms with van der Waals surface area (Å²) in [5.41, 5.74) is -4.82. The van der Waals surface area contributed by atoms with E-state index in [9.17, 15) is 115 Å². The van der Waals surface area contributed by atoms with Crippen LogP contribution < -0.4 is 14.2 Å². The summed E-state index contributed by atoms with van der Waals surface area (Å²) in [5, 5.41) is 49.0. The summed E-state index contributed by atoms with van der Waals surface area (Å²) in [6, 6.07) is 0. The summed E-state index contributed by atoms with van der Waals surface area (Å²) in [4.78, 5) is 89.5. The number of hydrogen-bond acceptors (Lipinski definition) is 13. The SMILES string of the molecule is O=C(CCC(CCC(=O)Oc1c(F)c(F)c(F)c(F)c1F)(CCC(=O)Oc1c(F)c(F)c(F)c(F)c1F)[N+](=O)[O-])Oc1c(F)c(F)c(F)c(F)c1F.O=C(O)CCC(CCC(=O)O)(CCC(=O)O)[N+](=O)[O-].[B]. The van der Waals surface area contributed by atoms with Gasteiger partial charge in [-0.05, 0) is 0 Å². The number of carboxylic acids is 3. The van der Waals surface area contributed by atoms with Gasteiger partial charge in [0.15, 0.2) is 0 Å². The Morgan fingerprint density at radius 1 is 0.347 bits per heavy atom. The van der Waals surface area contributed by atoms with Gasteiger partial charge in [0.2, 0.25) is 116 Å². The van der Waals surface area contributed by atoms with Crippen LogP contribution in [0.5, 0.6) is 17.2 Å². The molecule has 0 saturated carbocycles. The van der Waals surface area contributed by atoms with Crippen LogP contribution in [0.15, 0.2) is 0 Å². The van der Waals surface area contributed by atoms with Crippen molar-refractivity contribution in [3.8, 4) is 17.2 Å². The van der Waals surface area contributed by atoms with Gasteiger partial charge < -0.3 is 29.5 Å². The molecule has 0 heterocycles. The first kappa shape index (κ1) is 62.3. The quantitative estimate of drug-likeness (QED) is 0.0121. The van der Waals surface area contributed by atoms with Gasteiger partial charge in [0.05, 0.1) is 38.5 Å². The molecule has 0 aliphatic rings. The topological polar surface area (TPSA) is 277 Å². The van der Waals surface area contributed by atoms with E-state index in [1.54, 1.807) is 0 Å². The minimum Gasteiger partial charge on any atom is -0.481 e. The average molecular weight is 1060 g/mol. The molecule has 393 valence electrons. The van der Waals surface area contributed by atoms with Crippen molar-refractivity contribution in [2.75, 3.05) is 0 Å².